The quantitative estimate of drug-likeness (QED) is 0.681. The summed E-state index contributed by atoms with van der Waals surface area (Å²) in [6.45, 7) is 1.99. The van der Waals surface area contributed by atoms with Gasteiger partial charge in [0.15, 0.2) is 0 Å². The summed E-state index contributed by atoms with van der Waals surface area (Å²) in [5, 5.41) is 0. The molecule has 0 radical (unpaired) electrons. The molecule has 0 aliphatic heterocycles. The molecule has 0 bridgehead atoms. The van der Waals surface area contributed by atoms with Crippen molar-refractivity contribution in [3.8, 4) is 0 Å². The fraction of sp³-hybridized carbons (Fsp3) is 0.0714. The first kappa shape index (κ1) is 11.8. The fourth-order valence-corrected chi connectivity index (χ4v) is 2.59. The zero-order valence-corrected chi connectivity index (χ0v) is 11.1. The van der Waals surface area contributed by atoms with Gasteiger partial charge < -0.3 is 0 Å². The molecule has 19 heavy (non-hydrogen) atoms. The summed E-state index contributed by atoms with van der Waals surface area (Å²) in [6, 6.07) is 14.8. The molecule has 0 aliphatic carbocycles. The molecule has 0 aliphatic rings. The standard InChI is InChI=1S/C14H11N3OS/c1-10-6-5-9-12-15-14(19-17(10)12)16-13(18)11-7-3-2-4-8-11/h2-9H,1H3. The largest absolute Gasteiger partial charge is 0.279 e. The van der Waals surface area contributed by atoms with Crippen LogP contribution in [0.1, 0.15) is 16.1 Å². The van der Waals surface area contributed by atoms with E-state index in [2.05, 4.69) is 9.98 Å². The topological polar surface area (TPSA) is 46.7 Å². The third-order valence-electron chi connectivity index (χ3n) is 2.71. The first-order valence-corrected chi connectivity index (χ1v) is 6.61. The van der Waals surface area contributed by atoms with Gasteiger partial charge in [0, 0.05) is 11.3 Å². The Labute approximate surface area is 113 Å². The molecule has 0 N–H and O–H groups in total. The first-order valence-electron chi connectivity index (χ1n) is 5.84. The SMILES string of the molecule is Cc1cccc2nc(=NC(=O)c3ccccc3)sn12. The van der Waals surface area contributed by atoms with Gasteiger partial charge in [-0.2, -0.15) is 9.98 Å². The van der Waals surface area contributed by atoms with Gasteiger partial charge in [-0.25, -0.2) is 0 Å². The van der Waals surface area contributed by atoms with Crippen LogP contribution >= 0.6 is 11.5 Å². The first-order chi connectivity index (χ1) is 9.24. The number of aromatic nitrogens is 2. The minimum Gasteiger partial charge on any atom is -0.267 e. The highest BCUT2D eigenvalue weighted by Gasteiger charge is 2.04. The average molecular weight is 269 g/mol. The van der Waals surface area contributed by atoms with Crippen molar-refractivity contribution in [2.45, 2.75) is 6.92 Å². The number of amides is 1. The number of benzene rings is 1. The Kier molecular flexibility index (Phi) is 2.97. The van der Waals surface area contributed by atoms with Gasteiger partial charge in [-0.05, 0) is 42.7 Å². The van der Waals surface area contributed by atoms with E-state index in [0.717, 1.165) is 11.3 Å². The summed E-state index contributed by atoms with van der Waals surface area (Å²) in [4.78, 5) is 20.8. The van der Waals surface area contributed by atoms with E-state index in [1.54, 1.807) is 12.1 Å². The number of aryl methyl sites for hydroxylation is 1. The second-order valence-electron chi connectivity index (χ2n) is 4.09. The number of rotatable bonds is 1. The van der Waals surface area contributed by atoms with Crippen LogP contribution in [0.15, 0.2) is 53.5 Å². The Balaban J connectivity index is 2.07. The van der Waals surface area contributed by atoms with Crippen molar-refractivity contribution in [2.75, 3.05) is 0 Å². The molecule has 1 amide bonds. The van der Waals surface area contributed by atoms with Gasteiger partial charge in [0.25, 0.3) is 5.91 Å². The molecule has 0 atom stereocenters. The number of pyridine rings is 1. The maximum Gasteiger partial charge on any atom is 0.279 e. The van der Waals surface area contributed by atoms with Crippen molar-refractivity contribution in [1.29, 1.82) is 0 Å². The molecule has 2 heterocycles. The van der Waals surface area contributed by atoms with Crippen molar-refractivity contribution in [2.24, 2.45) is 4.99 Å². The minimum atomic E-state index is -0.266. The molecule has 2 aromatic heterocycles. The van der Waals surface area contributed by atoms with Crippen molar-refractivity contribution in [3.05, 3.63) is 64.6 Å². The summed E-state index contributed by atoms with van der Waals surface area (Å²) >= 11 is 1.36. The number of hydrogen-bond donors (Lipinski definition) is 0. The molecule has 3 rings (SSSR count). The van der Waals surface area contributed by atoms with Gasteiger partial charge in [-0.3, -0.25) is 8.58 Å². The number of carbonyl (C=O) groups excluding carboxylic acids is 1. The van der Waals surface area contributed by atoms with Crippen LogP contribution in [0.4, 0.5) is 0 Å². The summed E-state index contributed by atoms with van der Waals surface area (Å²) < 4.78 is 1.96. The summed E-state index contributed by atoms with van der Waals surface area (Å²) in [7, 11) is 0. The van der Waals surface area contributed by atoms with Crippen molar-refractivity contribution in [3.63, 3.8) is 0 Å². The van der Waals surface area contributed by atoms with Crippen LogP contribution in [0.25, 0.3) is 5.65 Å². The average Bonchev–Trinajstić information content (AvgIpc) is 2.84. The van der Waals surface area contributed by atoms with Gasteiger partial charge in [-0.15, -0.1) is 0 Å². The van der Waals surface area contributed by atoms with Gasteiger partial charge in [0.1, 0.15) is 5.65 Å². The highest BCUT2D eigenvalue weighted by Crippen LogP contribution is 2.06. The van der Waals surface area contributed by atoms with Crippen molar-refractivity contribution < 1.29 is 4.79 Å². The zero-order chi connectivity index (χ0) is 13.2. The lowest BCUT2D eigenvalue weighted by atomic mass is 10.2. The van der Waals surface area contributed by atoms with Gasteiger partial charge in [-0.1, -0.05) is 24.3 Å². The van der Waals surface area contributed by atoms with Crippen molar-refractivity contribution in [1.82, 2.24) is 8.77 Å². The minimum absolute atomic E-state index is 0.266. The van der Waals surface area contributed by atoms with E-state index in [9.17, 15) is 4.79 Å². The third-order valence-corrected chi connectivity index (χ3v) is 3.72. The zero-order valence-electron chi connectivity index (χ0n) is 10.3. The van der Waals surface area contributed by atoms with Gasteiger partial charge >= 0.3 is 0 Å². The lowest BCUT2D eigenvalue weighted by molar-refractivity contribution is 0.0998. The van der Waals surface area contributed by atoms with Crippen LogP contribution in [0, 0.1) is 6.92 Å². The van der Waals surface area contributed by atoms with Crippen LogP contribution < -0.4 is 4.80 Å². The number of fused-ring (bicyclic) bond motifs is 1. The maximum atomic E-state index is 12.0. The Bertz CT molecular complexity index is 802. The second-order valence-corrected chi connectivity index (χ2v) is 5.00. The van der Waals surface area contributed by atoms with E-state index in [0.29, 0.717) is 10.4 Å². The van der Waals surface area contributed by atoms with Crippen LogP contribution in [-0.2, 0) is 0 Å². The monoisotopic (exact) mass is 269 g/mol. The third kappa shape index (κ3) is 2.32. The van der Waals surface area contributed by atoms with Crippen molar-refractivity contribution >= 4 is 23.1 Å². The smallest absolute Gasteiger partial charge is 0.267 e. The Hall–Kier alpha value is -2.27. The fourth-order valence-electron chi connectivity index (χ4n) is 1.77. The molecule has 0 fully saturated rings. The molecular weight excluding hydrogens is 258 g/mol. The van der Waals surface area contributed by atoms with E-state index >= 15 is 0 Å². The normalized spacial score (nSPS) is 11.9. The molecule has 0 saturated carbocycles. The highest BCUT2D eigenvalue weighted by atomic mass is 32.1. The molecule has 3 aromatic rings. The highest BCUT2D eigenvalue weighted by molar-refractivity contribution is 7.03. The second kappa shape index (κ2) is 4.78. The predicted octanol–water partition coefficient (Wildman–Crippen LogP) is 2.45. The molecule has 94 valence electrons. The van der Waals surface area contributed by atoms with Gasteiger partial charge in [0.05, 0.1) is 0 Å². The summed E-state index contributed by atoms with van der Waals surface area (Å²) in [6.07, 6.45) is 0. The van der Waals surface area contributed by atoms with Crippen LogP contribution in [0.3, 0.4) is 0 Å². The number of nitrogens with zero attached hydrogens (tertiary/aromatic N) is 3. The summed E-state index contributed by atoms with van der Waals surface area (Å²) in [5.74, 6) is -0.266. The van der Waals surface area contributed by atoms with Gasteiger partial charge in [0.2, 0.25) is 4.80 Å². The molecule has 0 unspecified atom stereocenters. The molecule has 5 heteroatoms. The Morgan fingerprint density at radius 2 is 1.95 bits per heavy atom. The van der Waals surface area contributed by atoms with E-state index < -0.39 is 0 Å². The van der Waals surface area contributed by atoms with E-state index in [-0.39, 0.29) is 5.91 Å². The Morgan fingerprint density at radius 1 is 1.16 bits per heavy atom. The molecule has 1 aromatic carbocycles. The predicted molar refractivity (Wildman–Crippen MR) is 74.1 cm³/mol. The van der Waals surface area contributed by atoms with Crippen LogP contribution in [0.5, 0.6) is 0 Å². The number of carbonyl (C=O) groups is 1. The van der Waals surface area contributed by atoms with E-state index in [4.69, 9.17) is 0 Å². The van der Waals surface area contributed by atoms with Crippen LogP contribution in [-0.4, -0.2) is 14.7 Å². The molecule has 0 spiro atoms. The lowest BCUT2D eigenvalue weighted by Gasteiger charge is -1.93. The molecule has 0 saturated heterocycles. The summed E-state index contributed by atoms with van der Waals surface area (Å²) in [5.41, 5.74) is 2.46. The Morgan fingerprint density at radius 3 is 2.68 bits per heavy atom. The lowest BCUT2D eigenvalue weighted by Crippen LogP contribution is -2.04. The van der Waals surface area contributed by atoms with E-state index in [1.807, 2.05) is 47.1 Å². The van der Waals surface area contributed by atoms with Crippen LogP contribution in [0.2, 0.25) is 0 Å². The maximum absolute atomic E-state index is 12.0. The van der Waals surface area contributed by atoms with E-state index in [1.165, 1.54) is 11.5 Å². The number of hydrogen-bond acceptors (Lipinski definition) is 3. The molecular formula is C14H11N3OS. The molecule has 4 nitrogen and oxygen atoms in total.